The number of epoxide rings is 1. The third-order valence-electron chi connectivity index (χ3n) is 4.43. The van der Waals surface area contributed by atoms with E-state index in [0.717, 1.165) is 5.92 Å². The molecule has 2 saturated carbocycles. The summed E-state index contributed by atoms with van der Waals surface area (Å²) in [6.45, 7) is 0. The van der Waals surface area contributed by atoms with Crippen molar-refractivity contribution < 1.29 is 4.74 Å². The van der Waals surface area contributed by atoms with Crippen LogP contribution in [0.25, 0.3) is 0 Å². The highest BCUT2D eigenvalue weighted by molar-refractivity contribution is 5.09. The van der Waals surface area contributed by atoms with Crippen LogP contribution in [0.5, 0.6) is 0 Å². The van der Waals surface area contributed by atoms with Crippen LogP contribution in [0.1, 0.15) is 57.8 Å². The zero-order valence-corrected chi connectivity index (χ0v) is 8.43. The van der Waals surface area contributed by atoms with E-state index >= 15 is 0 Å². The van der Waals surface area contributed by atoms with Crippen molar-refractivity contribution in [3.8, 4) is 0 Å². The SMILES string of the molecule is C1CCC[C@]23O[C@H]2CCC[C@@H]3CC1. The van der Waals surface area contributed by atoms with Gasteiger partial charge in [-0.25, -0.2) is 0 Å². The van der Waals surface area contributed by atoms with E-state index in [0.29, 0.717) is 11.7 Å². The highest BCUT2D eigenvalue weighted by atomic mass is 16.6. The molecule has 1 aliphatic heterocycles. The first-order valence-corrected chi connectivity index (χ1v) is 6.10. The second kappa shape index (κ2) is 2.98. The fourth-order valence-electron chi connectivity index (χ4n) is 3.65. The quantitative estimate of drug-likeness (QED) is 0.521. The van der Waals surface area contributed by atoms with Crippen LogP contribution in [0, 0.1) is 5.92 Å². The summed E-state index contributed by atoms with van der Waals surface area (Å²) in [4.78, 5) is 0. The molecule has 3 aliphatic rings. The highest BCUT2D eigenvalue weighted by Gasteiger charge is 2.61. The Morgan fingerprint density at radius 1 is 0.846 bits per heavy atom. The molecule has 0 amide bonds. The van der Waals surface area contributed by atoms with Crippen LogP contribution in [-0.2, 0) is 4.74 Å². The molecule has 2 aliphatic carbocycles. The first kappa shape index (κ1) is 8.28. The van der Waals surface area contributed by atoms with E-state index in [2.05, 4.69) is 0 Å². The lowest BCUT2D eigenvalue weighted by Gasteiger charge is -2.30. The van der Waals surface area contributed by atoms with E-state index < -0.39 is 0 Å². The van der Waals surface area contributed by atoms with Gasteiger partial charge in [0.15, 0.2) is 0 Å². The molecular formula is C12H20O. The minimum absolute atomic E-state index is 0.415. The van der Waals surface area contributed by atoms with E-state index in [9.17, 15) is 0 Å². The predicted octanol–water partition coefficient (Wildman–Crippen LogP) is 3.28. The third-order valence-corrected chi connectivity index (χ3v) is 4.43. The van der Waals surface area contributed by atoms with E-state index in [4.69, 9.17) is 4.74 Å². The first-order valence-electron chi connectivity index (χ1n) is 6.10. The number of hydrogen-bond acceptors (Lipinski definition) is 1. The second-order valence-electron chi connectivity index (χ2n) is 5.14. The van der Waals surface area contributed by atoms with Crippen molar-refractivity contribution in [1.29, 1.82) is 0 Å². The molecule has 3 atom stereocenters. The summed E-state index contributed by atoms with van der Waals surface area (Å²) in [5, 5.41) is 0. The molecular weight excluding hydrogens is 160 g/mol. The summed E-state index contributed by atoms with van der Waals surface area (Å²) < 4.78 is 6.00. The van der Waals surface area contributed by atoms with Gasteiger partial charge in [-0.05, 0) is 31.6 Å². The Labute approximate surface area is 80.8 Å². The van der Waals surface area contributed by atoms with Crippen LogP contribution < -0.4 is 0 Å². The third kappa shape index (κ3) is 1.24. The summed E-state index contributed by atoms with van der Waals surface area (Å²) in [6, 6.07) is 0. The van der Waals surface area contributed by atoms with Crippen molar-refractivity contribution in [1.82, 2.24) is 0 Å². The number of ether oxygens (including phenoxy) is 1. The topological polar surface area (TPSA) is 12.5 Å². The van der Waals surface area contributed by atoms with Crippen LogP contribution in [0.4, 0.5) is 0 Å². The number of hydrogen-bond donors (Lipinski definition) is 0. The van der Waals surface area contributed by atoms with Gasteiger partial charge in [0.1, 0.15) is 0 Å². The molecule has 0 radical (unpaired) electrons. The van der Waals surface area contributed by atoms with E-state index in [1.54, 1.807) is 0 Å². The van der Waals surface area contributed by atoms with Gasteiger partial charge in [0, 0.05) is 0 Å². The molecule has 3 fully saturated rings. The molecule has 74 valence electrons. The van der Waals surface area contributed by atoms with Crippen LogP contribution in [0.3, 0.4) is 0 Å². The van der Waals surface area contributed by atoms with E-state index in [-0.39, 0.29) is 0 Å². The summed E-state index contributed by atoms with van der Waals surface area (Å²) in [5.74, 6) is 0.937. The fraction of sp³-hybridized carbons (Fsp3) is 1.00. The average molecular weight is 180 g/mol. The van der Waals surface area contributed by atoms with Crippen molar-refractivity contribution in [2.45, 2.75) is 69.5 Å². The Bertz CT molecular complexity index is 201. The van der Waals surface area contributed by atoms with Gasteiger partial charge >= 0.3 is 0 Å². The van der Waals surface area contributed by atoms with Crippen LogP contribution >= 0.6 is 0 Å². The van der Waals surface area contributed by atoms with Gasteiger partial charge in [0.05, 0.1) is 11.7 Å². The molecule has 0 aromatic heterocycles. The standard InChI is InChI=1S/C12H20O/c1-2-4-9-12-10(6-3-1)7-5-8-11(12)13-12/h10-11H,1-9H2/t10-,11-,12+/m0/s1. The molecule has 0 unspecified atom stereocenters. The van der Waals surface area contributed by atoms with E-state index in [1.807, 2.05) is 0 Å². The van der Waals surface area contributed by atoms with Gasteiger partial charge in [0.2, 0.25) is 0 Å². The van der Waals surface area contributed by atoms with Crippen LogP contribution in [0.2, 0.25) is 0 Å². The van der Waals surface area contributed by atoms with Crippen molar-refractivity contribution in [3.63, 3.8) is 0 Å². The zero-order chi connectivity index (χ0) is 8.73. The Kier molecular flexibility index (Phi) is 1.90. The highest BCUT2D eigenvalue weighted by Crippen LogP contribution is 2.56. The van der Waals surface area contributed by atoms with Crippen molar-refractivity contribution in [2.24, 2.45) is 5.92 Å². The Morgan fingerprint density at radius 3 is 2.69 bits per heavy atom. The lowest BCUT2D eigenvalue weighted by atomic mass is 9.72. The maximum absolute atomic E-state index is 6.00. The minimum Gasteiger partial charge on any atom is -0.366 e. The minimum atomic E-state index is 0.415. The maximum Gasteiger partial charge on any atom is 0.0976 e. The molecule has 1 nitrogen and oxygen atoms in total. The molecule has 1 spiro atoms. The molecule has 0 bridgehead atoms. The van der Waals surface area contributed by atoms with Crippen molar-refractivity contribution >= 4 is 0 Å². The summed E-state index contributed by atoms with van der Waals surface area (Å²) >= 11 is 0. The Hall–Kier alpha value is -0.0400. The molecule has 0 N–H and O–H groups in total. The average Bonchev–Trinajstić information content (AvgIpc) is 2.81. The molecule has 0 aromatic carbocycles. The van der Waals surface area contributed by atoms with Gasteiger partial charge in [-0.3, -0.25) is 0 Å². The summed E-state index contributed by atoms with van der Waals surface area (Å²) in [6.07, 6.45) is 13.6. The van der Waals surface area contributed by atoms with Gasteiger partial charge in [-0.15, -0.1) is 0 Å². The predicted molar refractivity (Wildman–Crippen MR) is 52.6 cm³/mol. The molecule has 1 heteroatoms. The smallest absolute Gasteiger partial charge is 0.0976 e. The molecule has 0 aromatic rings. The molecule has 1 saturated heterocycles. The first-order chi connectivity index (χ1) is 6.42. The van der Waals surface area contributed by atoms with Crippen molar-refractivity contribution in [2.75, 3.05) is 0 Å². The largest absolute Gasteiger partial charge is 0.366 e. The summed E-state index contributed by atoms with van der Waals surface area (Å²) in [5.41, 5.74) is 0.415. The lowest BCUT2D eigenvalue weighted by molar-refractivity contribution is 0.169. The normalized spacial score (nSPS) is 49.8. The Balaban J connectivity index is 1.76. The Morgan fingerprint density at radius 2 is 1.69 bits per heavy atom. The van der Waals surface area contributed by atoms with Gasteiger partial charge < -0.3 is 4.74 Å². The lowest BCUT2D eigenvalue weighted by Crippen LogP contribution is -2.31. The van der Waals surface area contributed by atoms with Crippen molar-refractivity contribution in [3.05, 3.63) is 0 Å². The summed E-state index contributed by atoms with van der Waals surface area (Å²) in [7, 11) is 0. The molecule has 1 heterocycles. The molecule has 13 heavy (non-hydrogen) atoms. The maximum atomic E-state index is 6.00. The van der Waals surface area contributed by atoms with E-state index in [1.165, 1.54) is 57.8 Å². The monoisotopic (exact) mass is 180 g/mol. The van der Waals surface area contributed by atoms with Gasteiger partial charge in [-0.2, -0.15) is 0 Å². The van der Waals surface area contributed by atoms with Crippen LogP contribution in [-0.4, -0.2) is 11.7 Å². The second-order valence-corrected chi connectivity index (χ2v) is 5.14. The fourth-order valence-corrected chi connectivity index (χ4v) is 3.65. The van der Waals surface area contributed by atoms with Gasteiger partial charge in [0.25, 0.3) is 0 Å². The van der Waals surface area contributed by atoms with Crippen LogP contribution in [0.15, 0.2) is 0 Å². The zero-order valence-electron chi connectivity index (χ0n) is 8.43. The number of rotatable bonds is 0. The van der Waals surface area contributed by atoms with Gasteiger partial charge in [-0.1, -0.05) is 32.1 Å². The molecule has 3 rings (SSSR count).